The quantitative estimate of drug-likeness (QED) is 0.858. The lowest BCUT2D eigenvalue weighted by atomic mass is 10.1. The number of nitrogens with two attached hydrogens (primary N) is 1. The Kier molecular flexibility index (Phi) is 4.87. The molecule has 1 unspecified atom stereocenters. The fourth-order valence-electron chi connectivity index (χ4n) is 2.17. The predicted octanol–water partition coefficient (Wildman–Crippen LogP) is 2.81. The molecule has 1 atom stereocenters. The van der Waals surface area contributed by atoms with Gasteiger partial charge in [-0.05, 0) is 30.2 Å². The smallest absolute Gasteiger partial charge is 0.221 e. The number of primary amides is 1. The molecule has 0 fully saturated rings. The summed E-state index contributed by atoms with van der Waals surface area (Å²) in [4.78, 5) is 15.2. The Labute approximate surface area is 123 Å². The first-order valence-corrected chi connectivity index (χ1v) is 6.84. The Morgan fingerprint density at radius 1 is 1.33 bits per heavy atom. The van der Waals surface area contributed by atoms with Crippen molar-refractivity contribution in [3.63, 3.8) is 0 Å². The van der Waals surface area contributed by atoms with E-state index in [1.807, 2.05) is 31.2 Å². The van der Waals surface area contributed by atoms with Crippen molar-refractivity contribution in [2.45, 2.75) is 25.8 Å². The van der Waals surface area contributed by atoms with Crippen molar-refractivity contribution in [3.8, 4) is 0 Å². The molecule has 1 amide bonds. The highest BCUT2D eigenvalue weighted by Gasteiger charge is 2.13. The number of halogens is 1. The van der Waals surface area contributed by atoms with E-state index >= 15 is 0 Å². The second kappa shape index (κ2) is 6.83. The Morgan fingerprint density at radius 2 is 2.10 bits per heavy atom. The lowest BCUT2D eigenvalue weighted by molar-refractivity contribution is -0.117. The number of pyridine rings is 1. The maximum absolute atomic E-state index is 13.0. The topological polar surface area (TPSA) is 68.0 Å². The number of rotatable bonds is 6. The van der Waals surface area contributed by atoms with E-state index in [4.69, 9.17) is 5.73 Å². The summed E-state index contributed by atoms with van der Waals surface area (Å²) >= 11 is 0. The van der Waals surface area contributed by atoms with Gasteiger partial charge in [-0.2, -0.15) is 0 Å². The molecule has 0 spiro atoms. The molecular weight excluding hydrogens is 269 g/mol. The highest BCUT2D eigenvalue weighted by atomic mass is 19.1. The van der Waals surface area contributed by atoms with Crippen LogP contribution in [0.25, 0.3) is 0 Å². The van der Waals surface area contributed by atoms with Crippen LogP contribution >= 0.6 is 0 Å². The SMILES string of the molecule is CCC(Nc1ccccc1CC(N)=O)c1ccc(F)cn1. The minimum absolute atomic E-state index is 0.0559. The van der Waals surface area contributed by atoms with Crippen LogP contribution in [0.2, 0.25) is 0 Å². The summed E-state index contributed by atoms with van der Waals surface area (Å²) in [5.41, 5.74) is 7.70. The van der Waals surface area contributed by atoms with E-state index in [0.717, 1.165) is 23.4 Å². The number of carbonyl (C=O) groups excluding carboxylic acids is 1. The van der Waals surface area contributed by atoms with E-state index < -0.39 is 0 Å². The van der Waals surface area contributed by atoms with E-state index in [1.165, 1.54) is 12.3 Å². The molecule has 110 valence electrons. The molecule has 1 aromatic heterocycles. The molecule has 0 aliphatic heterocycles. The van der Waals surface area contributed by atoms with Crippen molar-refractivity contribution in [2.75, 3.05) is 5.32 Å². The largest absolute Gasteiger partial charge is 0.376 e. The van der Waals surface area contributed by atoms with Gasteiger partial charge in [0.25, 0.3) is 0 Å². The van der Waals surface area contributed by atoms with Crippen LogP contribution in [0, 0.1) is 5.82 Å². The third-order valence-corrected chi connectivity index (χ3v) is 3.23. The lowest BCUT2D eigenvalue weighted by Crippen LogP contribution is -2.17. The standard InChI is InChI=1S/C16H18FN3O/c1-2-13(15-8-7-12(17)10-19-15)20-14-6-4-3-5-11(14)9-16(18)21/h3-8,10,13,20H,2,9H2,1H3,(H2,18,21). The molecule has 0 bridgehead atoms. The zero-order valence-electron chi connectivity index (χ0n) is 11.8. The maximum atomic E-state index is 13.0. The number of anilines is 1. The Balaban J connectivity index is 2.22. The third-order valence-electron chi connectivity index (χ3n) is 3.23. The molecule has 1 heterocycles. The highest BCUT2D eigenvalue weighted by Crippen LogP contribution is 2.24. The van der Waals surface area contributed by atoms with Crippen LogP contribution in [0.15, 0.2) is 42.6 Å². The molecule has 0 saturated carbocycles. The minimum atomic E-state index is -0.378. The zero-order valence-corrected chi connectivity index (χ0v) is 11.8. The summed E-state index contributed by atoms with van der Waals surface area (Å²) in [5.74, 6) is -0.736. The average Bonchev–Trinajstić information content (AvgIpc) is 2.47. The molecule has 4 nitrogen and oxygen atoms in total. The van der Waals surface area contributed by atoms with Gasteiger partial charge in [0.05, 0.1) is 24.4 Å². The van der Waals surface area contributed by atoms with Gasteiger partial charge in [0.2, 0.25) is 5.91 Å². The van der Waals surface area contributed by atoms with Crippen molar-refractivity contribution in [1.29, 1.82) is 0 Å². The van der Waals surface area contributed by atoms with E-state index in [1.54, 1.807) is 6.07 Å². The Bertz CT molecular complexity index is 613. The van der Waals surface area contributed by atoms with Gasteiger partial charge < -0.3 is 11.1 Å². The van der Waals surface area contributed by atoms with Gasteiger partial charge in [-0.25, -0.2) is 4.39 Å². The second-order valence-corrected chi connectivity index (χ2v) is 4.81. The van der Waals surface area contributed by atoms with Crippen LogP contribution in [0.3, 0.4) is 0 Å². The third kappa shape index (κ3) is 4.02. The molecule has 5 heteroatoms. The zero-order chi connectivity index (χ0) is 15.2. The molecule has 0 aliphatic rings. The van der Waals surface area contributed by atoms with Crippen molar-refractivity contribution in [1.82, 2.24) is 4.98 Å². The summed E-state index contributed by atoms with van der Waals surface area (Å²) in [6.07, 6.45) is 2.16. The molecule has 1 aromatic carbocycles. The fourth-order valence-corrected chi connectivity index (χ4v) is 2.17. The van der Waals surface area contributed by atoms with Gasteiger partial charge >= 0.3 is 0 Å². The summed E-state index contributed by atoms with van der Waals surface area (Å²) < 4.78 is 13.0. The van der Waals surface area contributed by atoms with E-state index in [-0.39, 0.29) is 24.2 Å². The lowest BCUT2D eigenvalue weighted by Gasteiger charge is -2.20. The molecule has 3 N–H and O–H groups in total. The van der Waals surface area contributed by atoms with Gasteiger partial charge in [-0.3, -0.25) is 9.78 Å². The number of amides is 1. The number of nitrogens with zero attached hydrogens (tertiary/aromatic N) is 1. The van der Waals surface area contributed by atoms with Gasteiger partial charge in [0, 0.05) is 5.69 Å². The maximum Gasteiger partial charge on any atom is 0.221 e. The van der Waals surface area contributed by atoms with Crippen molar-refractivity contribution >= 4 is 11.6 Å². The van der Waals surface area contributed by atoms with Crippen LogP contribution in [-0.2, 0) is 11.2 Å². The summed E-state index contributed by atoms with van der Waals surface area (Å²) in [6, 6.07) is 10.5. The first kappa shape index (κ1) is 15.0. The molecule has 0 radical (unpaired) electrons. The van der Waals surface area contributed by atoms with Crippen LogP contribution in [0.1, 0.15) is 30.6 Å². The number of benzene rings is 1. The van der Waals surface area contributed by atoms with E-state index in [9.17, 15) is 9.18 Å². The molecule has 21 heavy (non-hydrogen) atoms. The molecule has 2 aromatic rings. The average molecular weight is 287 g/mol. The first-order chi connectivity index (χ1) is 10.1. The Hall–Kier alpha value is -2.43. The van der Waals surface area contributed by atoms with Crippen molar-refractivity contribution in [2.24, 2.45) is 5.73 Å². The summed E-state index contributed by atoms with van der Waals surface area (Å²) in [7, 11) is 0. The normalized spacial score (nSPS) is 11.9. The summed E-state index contributed by atoms with van der Waals surface area (Å²) in [6.45, 7) is 2.01. The summed E-state index contributed by atoms with van der Waals surface area (Å²) in [5, 5.41) is 3.35. The number of nitrogens with one attached hydrogen (secondary N) is 1. The number of carbonyl (C=O) groups is 1. The van der Waals surface area contributed by atoms with Crippen LogP contribution in [0.5, 0.6) is 0 Å². The molecular formula is C16H18FN3O. The van der Waals surface area contributed by atoms with Gasteiger partial charge in [-0.15, -0.1) is 0 Å². The van der Waals surface area contributed by atoms with Crippen LogP contribution in [-0.4, -0.2) is 10.9 Å². The number of hydrogen-bond acceptors (Lipinski definition) is 3. The van der Waals surface area contributed by atoms with Crippen molar-refractivity contribution < 1.29 is 9.18 Å². The van der Waals surface area contributed by atoms with Crippen molar-refractivity contribution in [3.05, 3.63) is 59.7 Å². The van der Waals surface area contributed by atoms with Gasteiger partial charge in [-0.1, -0.05) is 25.1 Å². The monoisotopic (exact) mass is 287 g/mol. The predicted molar refractivity (Wildman–Crippen MR) is 80.2 cm³/mol. The molecule has 2 rings (SSSR count). The molecule has 0 saturated heterocycles. The van der Waals surface area contributed by atoms with E-state index in [2.05, 4.69) is 10.3 Å². The van der Waals surface area contributed by atoms with E-state index in [0.29, 0.717) is 0 Å². The van der Waals surface area contributed by atoms with Crippen LogP contribution < -0.4 is 11.1 Å². The first-order valence-electron chi connectivity index (χ1n) is 6.84. The highest BCUT2D eigenvalue weighted by molar-refractivity contribution is 5.78. The number of para-hydroxylation sites is 1. The van der Waals surface area contributed by atoms with Crippen LogP contribution in [0.4, 0.5) is 10.1 Å². The Morgan fingerprint density at radius 3 is 2.71 bits per heavy atom. The molecule has 0 aliphatic carbocycles. The second-order valence-electron chi connectivity index (χ2n) is 4.81. The minimum Gasteiger partial charge on any atom is -0.376 e. The number of aromatic nitrogens is 1. The van der Waals surface area contributed by atoms with Gasteiger partial charge in [0.1, 0.15) is 5.82 Å². The fraction of sp³-hybridized carbons (Fsp3) is 0.250. The number of hydrogen-bond donors (Lipinski definition) is 2. The van der Waals surface area contributed by atoms with Gasteiger partial charge in [0.15, 0.2) is 0 Å².